The third-order valence-electron chi connectivity index (χ3n) is 2.62. The van der Waals surface area contributed by atoms with E-state index < -0.39 is 0 Å². The summed E-state index contributed by atoms with van der Waals surface area (Å²) >= 11 is 0. The number of nitrogens with two attached hydrogens (primary N) is 1. The highest BCUT2D eigenvalue weighted by Gasteiger charge is 2.09. The number of benzene rings is 1. The molecule has 0 saturated carbocycles. The van der Waals surface area contributed by atoms with Crippen molar-refractivity contribution in [3.63, 3.8) is 0 Å². The van der Waals surface area contributed by atoms with Gasteiger partial charge in [-0.15, -0.1) is 0 Å². The van der Waals surface area contributed by atoms with Gasteiger partial charge in [0.25, 0.3) is 0 Å². The monoisotopic (exact) mass is 228 g/mol. The van der Waals surface area contributed by atoms with E-state index in [0.717, 1.165) is 18.9 Å². The number of nitrogens with zero attached hydrogens (tertiary/aromatic N) is 3. The Morgan fingerprint density at radius 2 is 2.00 bits per heavy atom. The van der Waals surface area contributed by atoms with E-state index in [1.54, 1.807) is 6.20 Å². The number of hydrogen-bond donors (Lipinski definition) is 1. The van der Waals surface area contributed by atoms with E-state index in [4.69, 9.17) is 5.73 Å². The molecular weight excluding hydrogens is 212 g/mol. The van der Waals surface area contributed by atoms with Gasteiger partial charge in [0, 0.05) is 13.1 Å². The van der Waals surface area contributed by atoms with Gasteiger partial charge in [0.1, 0.15) is 6.33 Å². The fourth-order valence-electron chi connectivity index (χ4n) is 1.74. The van der Waals surface area contributed by atoms with Crippen molar-refractivity contribution in [3.05, 3.63) is 48.4 Å². The van der Waals surface area contributed by atoms with Crippen LogP contribution >= 0.6 is 0 Å². The molecular formula is C13H16N4. The molecule has 0 saturated heterocycles. The Kier molecular flexibility index (Phi) is 3.55. The van der Waals surface area contributed by atoms with Crippen LogP contribution in [0.2, 0.25) is 0 Å². The molecule has 0 spiro atoms. The Morgan fingerprint density at radius 1 is 1.24 bits per heavy atom. The smallest absolute Gasteiger partial charge is 0.155 e. The molecule has 0 fully saturated rings. The second-order valence-electron chi connectivity index (χ2n) is 3.80. The van der Waals surface area contributed by atoms with Crippen molar-refractivity contribution >= 4 is 11.5 Å². The van der Waals surface area contributed by atoms with E-state index in [1.807, 2.05) is 18.2 Å². The molecule has 1 heterocycles. The van der Waals surface area contributed by atoms with Crippen molar-refractivity contribution in [2.45, 2.75) is 13.5 Å². The zero-order valence-electron chi connectivity index (χ0n) is 9.87. The number of rotatable bonds is 4. The van der Waals surface area contributed by atoms with Crippen LogP contribution in [-0.2, 0) is 6.54 Å². The van der Waals surface area contributed by atoms with Gasteiger partial charge in [0.2, 0.25) is 0 Å². The van der Waals surface area contributed by atoms with Gasteiger partial charge >= 0.3 is 0 Å². The van der Waals surface area contributed by atoms with Gasteiger partial charge in [0.05, 0.1) is 11.9 Å². The highest BCUT2D eigenvalue weighted by molar-refractivity contribution is 5.60. The van der Waals surface area contributed by atoms with E-state index in [0.29, 0.717) is 5.69 Å². The summed E-state index contributed by atoms with van der Waals surface area (Å²) in [5.41, 5.74) is 7.74. The van der Waals surface area contributed by atoms with Crippen LogP contribution in [0.5, 0.6) is 0 Å². The molecule has 0 aliphatic rings. The minimum absolute atomic E-state index is 0.616. The zero-order chi connectivity index (χ0) is 12.1. The predicted molar refractivity (Wildman–Crippen MR) is 69.6 cm³/mol. The lowest BCUT2D eigenvalue weighted by Crippen LogP contribution is -2.24. The maximum Gasteiger partial charge on any atom is 0.155 e. The van der Waals surface area contributed by atoms with Crippen LogP contribution in [0, 0.1) is 0 Å². The SMILES string of the molecule is CCN(Cc1ccccc1)c1ncncc1N. The van der Waals surface area contributed by atoms with Crippen LogP contribution in [0.3, 0.4) is 0 Å². The van der Waals surface area contributed by atoms with E-state index in [2.05, 4.69) is 33.9 Å². The van der Waals surface area contributed by atoms with Crippen LogP contribution in [0.4, 0.5) is 11.5 Å². The summed E-state index contributed by atoms with van der Waals surface area (Å²) in [5.74, 6) is 0.798. The van der Waals surface area contributed by atoms with Crippen molar-refractivity contribution < 1.29 is 0 Å². The molecule has 0 unspecified atom stereocenters. The van der Waals surface area contributed by atoms with Gasteiger partial charge in [0.15, 0.2) is 5.82 Å². The lowest BCUT2D eigenvalue weighted by Gasteiger charge is -2.22. The topological polar surface area (TPSA) is 55.0 Å². The Labute approximate surface area is 101 Å². The average molecular weight is 228 g/mol. The van der Waals surface area contributed by atoms with Crippen molar-refractivity contribution in [2.75, 3.05) is 17.2 Å². The summed E-state index contributed by atoms with van der Waals surface area (Å²) in [6.45, 7) is 3.75. The molecule has 0 bridgehead atoms. The van der Waals surface area contributed by atoms with Crippen molar-refractivity contribution in [3.8, 4) is 0 Å². The fraction of sp³-hybridized carbons (Fsp3) is 0.231. The Hall–Kier alpha value is -2.10. The quantitative estimate of drug-likeness (QED) is 0.870. The molecule has 88 valence electrons. The molecule has 0 atom stereocenters. The molecule has 0 aliphatic heterocycles. The number of anilines is 2. The zero-order valence-corrected chi connectivity index (χ0v) is 9.87. The molecule has 4 nitrogen and oxygen atoms in total. The normalized spacial score (nSPS) is 10.2. The first-order valence-corrected chi connectivity index (χ1v) is 5.65. The number of aromatic nitrogens is 2. The minimum Gasteiger partial charge on any atom is -0.394 e. The Morgan fingerprint density at radius 3 is 2.65 bits per heavy atom. The van der Waals surface area contributed by atoms with Crippen LogP contribution in [-0.4, -0.2) is 16.5 Å². The second-order valence-corrected chi connectivity index (χ2v) is 3.80. The molecule has 1 aromatic carbocycles. The van der Waals surface area contributed by atoms with Gasteiger partial charge in [-0.1, -0.05) is 30.3 Å². The minimum atomic E-state index is 0.616. The molecule has 17 heavy (non-hydrogen) atoms. The summed E-state index contributed by atoms with van der Waals surface area (Å²) in [5, 5.41) is 0. The third kappa shape index (κ3) is 2.72. The maximum absolute atomic E-state index is 5.88. The second kappa shape index (κ2) is 5.30. The summed E-state index contributed by atoms with van der Waals surface area (Å²) in [6.07, 6.45) is 3.16. The van der Waals surface area contributed by atoms with E-state index in [1.165, 1.54) is 11.9 Å². The third-order valence-corrected chi connectivity index (χ3v) is 2.62. The first-order chi connectivity index (χ1) is 8.31. The summed E-state index contributed by atoms with van der Waals surface area (Å²) in [6, 6.07) is 10.3. The summed E-state index contributed by atoms with van der Waals surface area (Å²) in [4.78, 5) is 10.3. The lowest BCUT2D eigenvalue weighted by atomic mass is 10.2. The van der Waals surface area contributed by atoms with Crippen LogP contribution < -0.4 is 10.6 Å². The van der Waals surface area contributed by atoms with Crippen LogP contribution in [0.25, 0.3) is 0 Å². The average Bonchev–Trinajstić information content (AvgIpc) is 2.38. The molecule has 2 N–H and O–H groups in total. The first kappa shape index (κ1) is 11.4. The standard InChI is InChI=1S/C13H16N4/c1-2-17(9-11-6-4-3-5-7-11)13-12(14)8-15-10-16-13/h3-8,10H,2,9,14H2,1H3. The largest absolute Gasteiger partial charge is 0.394 e. The fourth-order valence-corrected chi connectivity index (χ4v) is 1.74. The van der Waals surface area contributed by atoms with E-state index in [9.17, 15) is 0 Å². The van der Waals surface area contributed by atoms with Crippen molar-refractivity contribution in [1.82, 2.24) is 9.97 Å². The molecule has 0 aliphatic carbocycles. The van der Waals surface area contributed by atoms with Crippen LogP contribution in [0.15, 0.2) is 42.9 Å². The molecule has 4 heteroatoms. The highest BCUT2D eigenvalue weighted by atomic mass is 15.2. The van der Waals surface area contributed by atoms with E-state index >= 15 is 0 Å². The number of nitrogen functional groups attached to an aromatic ring is 1. The maximum atomic E-state index is 5.88. The van der Waals surface area contributed by atoms with Gasteiger partial charge in [-0.25, -0.2) is 9.97 Å². The predicted octanol–water partition coefficient (Wildman–Crippen LogP) is 2.09. The molecule has 0 radical (unpaired) electrons. The van der Waals surface area contributed by atoms with Gasteiger partial charge in [-0.2, -0.15) is 0 Å². The summed E-state index contributed by atoms with van der Waals surface area (Å²) < 4.78 is 0. The van der Waals surface area contributed by atoms with Crippen molar-refractivity contribution in [2.24, 2.45) is 0 Å². The highest BCUT2D eigenvalue weighted by Crippen LogP contribution is 2.19. The first-order valence-electron chi connectivity index (χ1n) is 5.65. The Balaban J connectivity index is 2.21. The van der Waals surface area contributed by atoms with Gasteiger partial charge in [-0.3, -0.25) is 0 Å². The van der Waals surface area contributed by atoms with Crippen LogP contribution in [0.1, 0.15) is 12.5 Å². The molecule has 2 aromatic rings. The lowest BCUT2D eigenvalue weighted by molar-refractivity contribution is 0.812. The Bertz CT molecular complexity index is 470. The summed E-state index contributed by atoms with van der Waals surface area (Å²) in [7, 11) is 0. The van der Waals surface area contributed by atoms with Crippen molar-refractivity contribution in [1.29, 1.82) is 0 Å². The van der Waals surface area contributed by atoms with E-state index in [-0.39, 0.29) is 0 Å². The molecule has 0 amide bonds. The molecule has 1 aromatic heterocycles. The number of hydrogen-bond acceptors (Lipinski definition) is 4. The van der Waals surface area contributed by atoms with Gasteiger partial charge < -0.3 is 10.6 Å². The van der Waals surface area contributed by atoms with Gasteiger partial charge in [-0.05, 0) is 12.5 Å². The molecule has 2 rings (SSSR count).